The molecule has 0 aromatic rings. The van der Waals surface area contributed by atoms with Crippen LogP contribution in [0.3, 0.4) is 0 Å². The monoisotopic (exact) mass is 1030 g/mol. The van der Waals surface area contributed by atoms with E-state index in [9.17, 15) is 35.1 Å². The Balaban J connectivity index is 2.00. The summed E-state index contributed by atoms with van der Waals surface area (Å²) in [7, 11) is 0. The van der Waals surface area contributed by atoms with Crippen LogP contribution in [0.15, 0.2) is 36.5 Å². The van der Waals surface area contributed by atoms with Crippen LogP contribution in [0.5, 0.6) is 0 Å². The van der Waals surface area contributed by atoms with Gasteiger partial charge >= 0.3 is 5.97 Å². The van der Waals surface area contributed by atoms with Crippen LogP contribution in [-0.4, -0.2) is 100 Å². The molecule has 0 aromatic carbocycles. The normalized spacial score (nSPS) is 19.1. The number of allylic oxidation sites excluding steroid dienone is 5. The minimum Gasteiger partial charge on any atom is -0.466 e. The standard InChI is InChI=1S/C62H115NO10/c1-3-5-7-9-11-13-14-26-30-34-38-42-46-50-58(67)71-51-47-43-39-35-31-28-25-23-21-19-17-15-16-18-20-22-24-27-29-33-37-41-45-49-57(66)63-54(55(65)48-44-40-36-32-12-10-8-6-4-2)53-72-62-61(70)60(69)59(68)56(52-64)73-62/h13-14,18,20,44,48,54-56,59-62,64-65,68-70H,3-12,15-17,19,21-43,45-47,49-53H2,1-2H3,(H,63,66)/b14-13-,20-18-,48-44+. The fourth-order valence-electron chi connectivity index (χ4n) is 9.54. The average Bonchev–Trinajstić information content (AvgIpc) is 3.39. The van der Waals surface area contributed by atoms with Crippen LogP contribution in [-0.2, 0) is 23.8 Å². The molecule has 0 saturated carbocycles. The maximum Gasteiger partial charge on any atom is 0.305 e. The molecule has 428 valence electrons. The van der Waals surface area contributed by atoms with Crippen LogP contribution in [0.4, 0.5) is 0 Å². The third-order valence-corrected chi connectivity index (χ3v) is 14.5. The summed E-state index contributed by atoms with van der Waals surface area (Å²) >= 11 is 0. The van der Waals surface area contributed by atoms with Crippen LogP contribution in [0.2, 0.25) is 0 Å². The first-order valence-corrected chi connectivity index (χ1v) is 30.8. The molecule has 11 nitrogen and oxygen atoms in total. The van der Waals surface area contributed by atoms with Crippen molar-refractivity contribution in [2.45, 2.75) is 326 Å². The fourth-order valence-corrected chi connectivity index (χ4v) is 9.54. The minimum absolute atomic E-state index is 0.00984. The molecule has 0 aromatic heterocycles. The third-order valence-electron chi connectivity index (χ3n) is 14.5. The quantitative estimate of drug-likeness (QED) is 0.0195. The van der Waals surface area contributed by atoms with Crippen molar-refractivity contribution < 1.29 is 49.3 Å². The number of rotatable bonds is 53. The first-order valence-electron chi connectivity index (χ1n) is 30.8. The van der Waals surface area contributed by atoms with Gasteiger partial charge in [0.15, 0.2) is 6.29 Å². The van der Waals surface area contributed by atoms with E-state index in [1.165, 1.54) is 180 Å². The topological polar surface area (TPSA) is 175 Å². The van der Waals surface area contributed by atoms with E-state index >= 15 is 0 Å². The fraction of sp³-hybridized carbons (Fsp3) is 0.871. The van der Waals surface area contributed by atoms with Crippen LogP contribution in [0, 0.1) is 0 Å². The van der Waals surface area contributed by atoms with Crippen molar-refractivity contribution in [3.63, 3.8) is 0 Å². The number of nitrogens with one attached hydrogen (secondary N) is 1. The zero-order valence-electron chi connectivity index (χ0n) is 47.1. The molecule has 1 aliphatic heterocycles. The zero-order chi connectivity index (χ0) is 53.1. The highest BCUT2D eigenvalue weighted by atomic mass is 16.7. The predicted octanol–water partition coefficient (Wildman–Crippen LogP) is 14.3. The largest absolute Gasteiger partial charge is 0.466 e. The Morgan fingerprint density at radius 2 is 0.877 bits per heavy atom. The van der Waals surface area contributed by atoms with Crippen molar-refractivity contribution in [1.82, 2.24) is 5.32 Å². The number of aliphatic hydroxyl groups is 5. The van der Waals surface area contributed by atoms with Gasteiger partial charge in [-0.1, -0.05) is 224 Å². The van der Waals surface area contributed by atoms with E-state index in [1.807, 2.05) is 6.08 Å². The summed E-state index contributed by atoms with van der Waals surface area (Å²) < 4.78 is 16.7. The van der Waals surface area contributed by atoms with Gasteiger partial charge in [0.25, 0.3) is 0 Å². The number of aliphatic hydroxyl groups excluding tert-OH is 5. The van der Waals surface area contributed by atoms with Crippen molar-refractivity contribution >= 4 is 11.9 Å². The first kappa shape index (κ1) is 68.9. The van der Waals surface area contributed by atoms with Gasteiger partial charge in [0.2, 0.25) is 5.91 Å². The minimum atomic E-state index is -1.57. The van der Waals surface area contributed by atoms with Gasteiger partial charge in [-0.2, -0.15) is 0 Å². The van der Waals surface area contributed by atoms with Crippen LogP contribution in [0.25, 0.3) is 0 Å². The Morgan fingerprint density at radius 3 is 1.33 bits per heavy atom. The highest BCUT2D eigenvalue weighted by Gasteiger charge is 2.44. The molecule has 1 amide bonds. The van der Waals surface area contributed by atoms with Crippen LogP contribution in [0.1, 0.15) is 284 Å². The summed E-state index contributed by atoms with van der Waals surface area (Å²) in [5, 5.41) is 54.2. The zero-order valence-corrected chi connectivity index (χ0v) is 47.1. The van der Waals surface area contributed by atoms with Crippen molar-refractivity contribution in [2.75, 3.05) is 19.8 Å². The van der Waals surface area contributed by atoms with E-state index in [1.54, 1.807) is 6.08 Å². The Bertz CT molecular complexity index is 1310. The molecule has 1 saturated heterocycles. The number of ether oxygens (including phenoxy) is 3. The number of esters is 1. The molecule has 73 heavy (non-hydrogen) atoms. The second kappa shape index (κ2) is 52.0. The Kier molecular flexibility index (Phi) is 49.0. The molecule has 11 heteroatoms. The van der Waals surface area contributed by atoms with Crippen molar-refractivity contribution in [2.24, 2.45) is 0 Å². The van der Waals surface area contributed by atoms with Gasteiger partial charge in [0, 0.05) is 12.8 Å². The van der Waals surface area contributed by atoms with E-state index in [0.29, 0.717) is 19.4 Å². The van der Waals surface area contributed by atoms with Crippen molar-refractivity contribution in [1.29, 1.82) is 0 Å². The van der Waals surface area contributed by atoms with Gasteiger partial charge in [-0.25, -0.2) is 0 Å². The number of hydrogen-bond donors (Lipinski definition) is 6. The number of amides is 1. The second-order valence-corrected chi connectivity index (χ2v) is 21.4. The molecule has 0 spiro atoms. The number of unbranched alkanes of at least 4 members (excludes halogenated alkanes) is 35. The Labute approximate surface area is 447 Å². The summed E-state index contributed by atoms with van der Waals surface area (Å²) in [6.45, 7) is 4.29. The SMILES string of the molecule is CCCCCC/C=C\CCCCCCCC(=O)OCCCCCCCCCCCCCC/C=C\CCCCCCCCCC(=O)NC(COC1OC(CO)C(O)C(O)C1O)C(O)/C=C/CCCCCCCCC. The van der Waals surface area contributed by atoms with Gasteiger partial charge < -0.3 is 45.1 Å². The van der Waals surface area contributed by atoms with Crippen molar-refractivity contribution in [3.05, 3.63) is 36.5 Å². The lowest BCUT2D eigenvalue weighted by Gasteiger charge is -2.40. The molecule has 6 N–H and O–H groups in total. The number of carbonyl (C=O) groups excluding carboxylic acids is 2. The van der Waals surface area contributed by atoms with Gasteiger partial charge in [-0.05, 0) is 83.5 Å². The molecule has 7 unspecified atom stereocenters. The lowest BCUT2D eigenvalue weighted by Crippen LogP contribution is -2.60. The molecule has 7 atom stereocenters. The van der Waals surface area contributed by atoms with E-state index in [4.69, 9.17) is 14.2 Å². The summed E-state index contributed by atoms with van der Waals surface area (Å²) in [6.07, 6.45) is 54.0. The van der Waals surface area contributed by atoms with Crippen molar-refractivity contribution in [3.8, 4) is 0 Å². The van der Waals surface area contributed by atoms with E-state index in [2.05, 4.69) is 43.5 Å². The molecule has 1 fully saturated rings. The Hall–Kier alpha value is -2.12. The van der Waals surface area contributed by atoms with Gasteiger partial charge in [0.05, 0.1) is 32.0 Å². The molecule has 0 aliphatic carbocycles. The molecule has 0 bridgehead atoms. The lowest BCUT2D eigenvalue weighted by atomic mass is 9.99. The molecule has 1 heterocycles. The van der Waals surface area contributed by atoms with E-state index in [-0.39, 0.29) is 18.5 Å². The molecule has 0 radical (unpaired) electrons. The lowest BCUT2D eigenvalue weighted by molar-refractivity contribution is -0.302. The number of carbonyl (C=O) groups is 2. The summed E-state index contributed by atoms with van der Waals surface area (Å²) in [5.41, 5.74) is 0. The molecule has 1 aliphatic rings. The van der Waals surface area contributed by atoms with Crippen LogP contribution < -0.4 is 5.32 Å². The van der Waals surface area contributed by atoms with Crippen LogP contribution >= 0.6 is 0 Å². The second-order valence-electron chi connectivity index (χ2n) is 21.4. The summed E-state index contributed by atoms with van der Waals surface area (Å²) in [4.78, 5) is 25.0. The molecular formula is C62H115NO10. The van der Waals surface area contributed by atoms with E-state index < -0.39 is 49.5 Å². The maximum atomic E-state index is 13.0. The highest BCUT2D eigenvalue weighted by molar-refractivity contribution is 5.76. The smallest absolute Gasteiger partial charge is 0.305 e. The Morgan fingerprint density at radius 1 is 0.493 bits per heavy atom. The number of hydrogen-bond acceptors (Lipinski definition) is 10. The highest BCUT2D eigenvalue weighted by Crippen LogP contribution is 2.23. The first-order chi connectivity index (χ1) is 35.7. The third kappa shape index (κ3) is 41.7. The summed E-state index contributed by atoms with van der Waals surface area (Å²) in [6, 6.07) is -0.813. The van der Waals surface area contributed by atoms with E-state index in [0.717, 1.165) is 77.0 Å². The predicted molar refractivity (Wildman–Crippen MR) is 301 cm³/mol. The van der Waals surface area contributed by atoms with Gasteiger partial charge in [-0.3, -0.25) is 9.59 Å². The molecular weight excluding hydrogens is 919 g/mol. The molecule has 1 rings (SSSR count). The average molecular weight is 1030 g/mol. The maximum absolute atomic E-state index is 13.0. The van der Waals surface area contributed by atoms with Gasteiger partial charge in [0.1, 0.15) is 24.4 Å². The summed E-state index contributed by atoms with van der Waals surface area (Å²) in [5.74, 6) is -0.200. The van der Waals surface area contributed by atoms with Gasteiger partial charge in [-0.15, -0.1) is 0 Å².